The van der Waals surface area contributed by atoms with Gasteiger partial charge >= 0.3 is 0 Å². The number of ether oxygens (including phenoxy) is 1. The summed E-state index contributed by atoms with van der Waals surface area (Å²) in [6, 6.07) is 15.7. The highest BCUT2D eigenvalue weighted by atomic mass is 16.5. The summed E-state index contributed by atoms with van der Waals surface area (Å²) in [5, 5.41) is 21.6. The largest absolute Gasteiger partial charge is 0.497 e. The lowest BCUT2D eigenvalue weighted by Gasteiger charge is -2.25. The number of aromatic amines is 1. The van der Waals surface area contributed by atoms with E-state index in [9.17, 15) is 5.11 Å². The molecule has 0 saturated heterocycles. The molecular formula is C22H28N2O3. The van der Waals surface area contributed by atoms with E-state index in [1.807, 2.05) is 49.4 Å². The normalized spacial score (nSPS) is 14.9. The lowest BCUT2D eigenvalue weighted by Crippen LogP contribution is -2.25. The van der Waals surface area contributed by atoms with Crippen molar-refractivity contribution >= 4 is 10.9 Å². The Morgan fingerprint density at radius 1 is 1.19 bits per heavy atom. The van der Waals surface area contributed by atoms with Crippen LogP contribution in [0.3, 0.4) is 0 Å². The number of para-hydroxylation sites is 1. The number of methoxy groups -OCH3 is 1. The molecule has 2 unspecified atom stereocenters. The smallest absolute Gasteiger partial charge is 0.127 e. The topological polar surface area (TPSA) is 77.5 Å². The number of aliphatic hydroxyl groups is 1. The molecule has 0 aliphatic carbocycles. The molecule has 0 bridgehead atoms. The first-order valence-corrected chi connectivity index (χ1v) is 9.31. The highest BCUT2D eigenvalue weighted by molar-refractivity contribution is 5.85. The fourth-order valence-electron chi connectivity index (χ4n) is 3.59. The Labute approximate surface area is 160 Å². The molecule has 2 atom stereocenters. The first-order chi connectivity index (χ1) is 13.0. The maximum atomic E-state index is 11.5. The Balaban J connectivity index is 2.05. The molecular weight excluding hydrogens is 340 g/mol. The van der Waals surface area contributed by atoms with Gasteiger partial charge in [0.2, 0.25) is 0 Å². The molecule has 0 amide bonds. The van der Waals surface area contributed by atoms with Crippen molar-refractivity contribution in [2.75, 3.05) is 13.7 Å². The standard InChI is InChI=1S/C22H28N2O3/c1-15(14-23-26)11-12-19-18-9-4-5-10-20(18)24-21(19)22(2,25)16-7-6-8-17(13-16)27-3/h4-10,13,15,23-26H,11-12,14H2,1-3H3. The number of hydrogen-bond donors (Lipinski definition) is 4. The number of fused-ring (bicyclic) bond motifs is 1. The molecule has 0 fully saturated rings. The lowest BCUT2D eigenvalue weighted by atomic mass is 9.87. The lowest BCUT2D eigenvalue weighted by molar-refractivity contribution is 0.0967. The minimum atomic E-state index is -1.18. The first kappa shape index (κ1) is 19.4. The van der Waals surface area contributed by atoms with E-state index in [4.69, 9.17) is 9.94 Å². The van der Waals surface area contributed by atoms with Crippen LogP contribution in [-0.2, 0) is 12.0 Å². The average molecular weight is 368 g/mol. The molecule has 1 heterocycles. The van der Waals surface area contributed by atoms with Gasteiger partial charge in [-0.05, 0) is 55.0 Å². The summed E-state index contributed by atoms with van der Waals surface area (Å²) in [5.74, 6) is 1.03. The van der Waals surface area contributed by atoms with Crippen LogP contribution in [-0.4, -0.2) is 29.0 Å². The Bertz CT molecular complexity index is 901. The summed E-state index contributed by atoms with van der Waals surface area (Å²) in [5.41, 5.74) is 4.78. The van der Waals surface area contributed by atoms with Crippen molar-refractivity contribution in [1.29, 1.82) is 0 Å². The molecule has 27 heavy (non-hydrogen) atoms. The van der Waals surface area contributed by atoms with Crippen LogP contribution in [0.25, 0.3) is 10.9 Å². The van der Waals surface area contributed by atoms with E-state index < -0.39 is 5.60 Å². The Hall–Kier alpha value is -2.34. The minimum Gasteiger partial charge on any atom is -0.497 e. The molecule has 3 aromatic rings. The van der Waals surface area contributed by atoms with Crippen LogP contribution in [0.5, 0.6) is 5.75 Å². The summed E-state index contributed by atoms with van der Waals surface area (Å²) in [7, 11) is 1.62. The van der Waals surface area contributed by atoms with Crippen LogP contribution in [0.2, 0.25) is 0 Å². The predicted molar refractivity (Wildman–Crippen MR) is 107 cm³/mol. The molecule has 5 nitrogen and oxygen atoms in total. The zero-order chi connectivity index (χ0) is 19.4. The molecule has 3 rings (SSSR count). The van der Waals surface area contributed by atoms with Crippen LogP contribution >= 0.6 is 0 Å². The van der Waals surface area contributed by atoms with Crippen molar-refractivity contribution in [3.05, 3.63) is 65.4 Å². The Kier molecular flexibility index (Phi) is 5.85. The van der Waals surface area contributed by atoms with E-state index >= 15 is 0 Å². The van der Waals surface area contributed by atoms with Crippen molar-refractivity contribution < 1.29 is 15.1 Å². The van der Waals surface area contributed by atoms with Gasteiger partial charge in [0.1, 0.15) is 11.4 Å². The second kappa shape index (κ2) is 8.13. The van der Waals surface area contributed by atoms with Gasteiger partial charge in [-0.25, -0.2) is 5.48 Å². The summed E-state index contributed by atoms with van der Waals surface area (Å²) in [6.07, 6.45) is 1.71. The summed E-state index contributed by atoms with van der Waals surface area (Å²) in [6.45, 7) is 4.45. The maximum absolute atomic E-state index is 11.5. The summed E-state index contributed by atoms with van der Waals surface area (Å²) < 4.78 is 5.33. The average Bonchev–Trinajstić information content (AvgIpc) is 3.06. The van der Waals surface area contributed by atoms with Gasteiger partial charge in [-0.1, -0.05) is 37.3 Å². The number of nitrogens with one attached hydrogen (secondary N) is 2. The van der Waals surface area contributed by atoms with Gasteiger partial charge in [-0.2, -0.15) is 0 Å². The summed E-state index contributed by atoms with van der Waals surface area (Å²) in [4.78, 5) is 3.44. The number of benzene rings is 2. The molecule has 2 aromatic carbocycles. The number of H-pyrrole nitrogens is 1. The molecule has 5 heteroatoms. The third-order valence-corrected chi connectivity index (χ3v) is 5.26. The predicted octanol–water partition coefficient (Wildman–Crippen LogP) is 3.98. The van der Waals surface area contributed by atoms with Gasteiger partial charge in [0.05, 0.1) is 12.8 Å². The van der Waals surface area contributed by atoms with Crippen molar-refractivity contribution in [3.8, 4) is 5.75 Å². The van der Waals surface area contributed by atoms with Crippen molar-refractivity contribution in [2.24, 2.45) is 5.92 Å². The molecule has 0 aliphatic heterocycles. The number of aromatic nitrogens is 1. The quantitative estimate of drug-likeness (QED) is 0.454. The Morgan fingerprint density at radius 3 is 2.70 bits per heavy atom. The zero-order valence-corrected chi connectivity index (χ0v) is 16.1. The number of rotatable bonds is 8. The molecule has 0 radical (unpaired) electrons. The van der Waals surface area contributed by atoms with E-state index in [2.05, 4.69) is 23.5 Å². The fraction of sp³-hybridized carbons (Fsp3) is 0.364. The maximum Gasteiger partial charge on any atom is 0.127 e. The highest BCUT2D eigenvalue weighted by Gasteiger charge is 2.31. The summed E-state index contributed by atoms with van der Waals surface area (Å²) >= 11 is 0. The number of aryl methyl sites for hydroxylation is 1. The van der Waals surface area contributed by atoms with Crippen LogP contribution in [0.4, 0.5) is 0 Å². The van der Waals surface area contributed by atoms with Crippen molar-refractivity contribution in [1.82, 2.24) is 10.5 Å². The number of hydrogen-bond acceptors (Lipinski definition) is 4. The monoisotopic (exact) mass is 368 g/mol. The zero-order valence-electron chi connectivity index (χ0n) is 16.1. The number of hydroxylamine groups is 1. The first-order valence-electron chi connectivity index (χ1n) is 9.31. The third kappa shape index (κ3) is 4.00. The van der Waals surface area contributed by atoms with Gasteiger partial charge in [-0.15, -0.1) is 0 Å². The van der Waals surface area contributed by atoms with Crippen LogP contribution in [0.15, 0.2) is 48.5 Å². The Morgan fingerprint density at radius 2 is 1.96 bits per heavy atom. The van der Waals surface area contributed by atoms with E-state index in [0.29, 0.717) is 18.2 Å². The van der Waals surface area contributed by atoms with Gasteiger partial charge < -0.3 is 20.0 Å². The van der Waals surface area contributed by atoms with E-state index in [-0.39, 0.29) is 0 Å². The van der Waals surface area contributed by atoms with Crippen LogP contribution in [0, 0.1) is 5.92 Å². The van der Waals surface area contributed by atoms with Gasteiger partial charge in [0, 0.05) is 17.4 Å². The van der Waals surface area contributed by atoms with Crippen LogP contribution in [0.1, 0.15) is 37.1 Å². The second-order valence-corrected chi connectivity index (χ2v) is 7.33. The third-order valence-electron chi connectivity index (χ3n) is 5.26. The van der Waals surface area contributed by atoms with Crippen LogP contribution < -0.4 is 10.2 Å². The SMILES string of the molecule is COc1cccc(C(C)(O)c2[nH]c3ccccc3c2CCC(C)CNO)c1. The highest BCUT2D eigenvalue weighted by Crippen LogP contribution is 2.37. The molecule has 4 N–H and O–H groups in total. The molecule has 0 aliphatic rings. The van der Waals surface area contributed by atoms with Gasteiger partial charge in [0.25, 0.3) is 0 Å². The van der Waals surface area contributed by atoms with Crippen molar-refractivity contribution in [3.63, 3.8) is 0 Å². The minimum absolute atomic E-state index is 0.318. The molecule has 0 spiro atoms. The van der Waals surface area contributed by atoms with Gasteiger partial charge in [0.15, 0.2) is 0 Å². The van der Waals surface area contributed by atoms with Gasteiger partial charge in [-0.3, -0.25) is 0 Å². The molecule has 0 saturated carbocycles. The van der Waals surface area contributed by atoms with E-state index in [1.165, 1.54) is 0 Å². The van der Waals surface area contributed by atoms with E-state index in [0.717, 1.165) is 40.6 Å². The second-order valence-electron chi connectivity index (χ2n) is 7.33. The van der Waals surface area contributed by atoms with E-state index in [1.54, 1.807) is 7.11 Å². The fourth-order valence-corrected chi connectivity index (χ4v) is 3.59. The van der Waals surface area contributed by atoms with Crippen molar-refractivity contribution in [2.45, 2.75) is 32.3 Å². The molecule has 1 aromatic heterocycles. The molecule has 144 valence electrons.